The molecule has 1 fully saturated rings. The molecule has 0 spiro atoms. The predicted octanol–water partition coefficient (Wildman–Crippen LogP) is 2.00. The van der Waals surface area contributed by atoms with Gasteiger partial charge in [0.25, 0.3) is 5.89 Å². The average Bonchev–Trinajstić information content (AvgIpc) is 3.24. The van der Waals surface area contributed by atoms with Crippen molar-refractivity contribution in [1.82, 2.24) is 26.6 Å². The van der Waals surface area contributed by atoms with Gasteiger partial charge in [-0.15, -0.1) is 11.1 Å². The Hall–Kier alpha value is -3.30. The molecule has 3 N–H and O–H groups in total. The first-order chi connectivity index (χ1) is 11.7. The Labute approximate surface area is 135 Å². The monoisotopic (exact) mass is 326 g/mol. The first kappa shape index (κ1) is 14.3. The van der Waals surface area contributed by atoms with Crippen LogP contribution >= 0.6 is 0 Å². The third kappa shape index (κ3) is 2.47. The molecule has 0 aliphatic carbocycles. The van der Waals surface area contributed by atoms with Crippen LogP contribution in [-0.4, -0.2) is 16.2 Å². The third-order valence-corrected chi connectivity index (χ3v) is 3.43. The molecule has 2 aromatic carbocycles. The maximum Gasteiger partial charge on any atom is 0.353 e. The van der Waals surface area contributed by atoms with E-state index in [0.717, 1.165) is 0 Å². The summed E-state index contributed by atoms with van der Waals surface area (Å²) in [6, 6.07) is 12.8. The van der Waals surface area contributed by atoms with E-state index in [9.17, 15) is 9.18 Å². The standard InChI is InChI=1S/C15H11FN6O2/c16-12-7-2-1-6-11(12)14-17-13(19-24-14)9-4-3-5-10(8-9)22-15(23)18-20-21-22/h1-8,20-21H,(H,18,23). The lowest BCUT2D eigenvalue weighted by atomic mass is 10.2. The summed E-state index contributed by atoms with van der Waals surface area (Å²) in [6.45, 7) is 0. The molecule has 1 aliphatic heterocycles. The molecule has 24 heavy (non-hydrogen) atoms. The number of amides is 2. The van der Waals surface area contributed by atoms with E-state index in [2.05, 4.69) is 26.6 Å². The smallest absolute Gasteiger partial charge is 0.334 e. The number of nitrogens with one attached hydrogen (secondary N) is 3. The van der Waals surface area contributed by atoms with Crippen molar-refractivity contribution in [3.63, 3.8) is 0 Å². The SMILES string of the molecule is O=C1NNNN1c1cccc(-c2noc(-c3ccccc3F)n2)c1. The van der Waals surface area contributed by atoms with Crippen molar-refractivity contribution in [2.45, 2.75) is 0 Å². The zero-order chi connectivity index (χ0) is 16.5. The summed E-state index contributed by atoms with van der Waals surface area (Å²) in [5, 5.41) is 5.16. The second-order valence-corrected chi connectivity index (χ2v) is 4.96. The van der Waals surface area contributed by atoms with Crippen LogP contribution in [0.1, 0.15) is 0 Å². The summed E-state index contributed by atoms with van der Waals surface area (Å²) in [6.07, 6.45) is 0. The minimum atomic E-state index is -0.439. The van der Waals surface area contributed by atoms with Gasteiger partial charge in [0.15, 0.2) is 0 Å². The summed E-state index contributed by atoms with van der Waals surface area (Å²) in [7, 11) is 0. The van der Waals surface area contributed by atoms with Crippen LogP contribution in [-0.2, 0) is 0 Å². The molecule has 0 saturated carbocycles. The highest BCUT2D eigenvalue weighted by Gasteiger charge is 2.22. The topological polar surface area (TPSA) is 95.3 Å². The Morgan fingerprint density at radius 3 is 2.79 bits per heavy atom. The number of hydrogen-bond donors (Lipinski definition) is 3. The van der Waals surface area contributed by atoms with Gasteiger partial charge in [0.1, 0.15) is 5.82 Å². The highest BCUT2D eigenvalue weighted by Crippen LogP contribution is 2.26. The van der Waals surface area contributed by atoms with Gasteiger partial charge in [0, 0.05) is 5.56 Å². The quantitative estimate of drug-likeness (QED) is 0.681. The molecule has 2 heterocycles. The lowest BCUT2D eigenvalue weighted by molar-refractivity contribution is 0.250. The minimum absolute atomic E-state index is 0.0900. The maximum atomic E-state index is 13.8. The van der Waals surface area contributed by atoms with Crippen LogP contribution in [0.4, 0.5) is 14.9 Å². The van der Waals surface area contributed by atoms with Crippen LogP contribution in [0, 0.1) is 5.82 Å². The van der Waals surface area contributed by atoms with Crippen molar-refractivity contribution in [1.29, 1.82) is 0 Å². The van der Waals surface area contributed by atoms with Crippen molar-refractivity contribution in [2.24, 2.45) is 0 Å². The van der Waals surface area contributed by atoms with Gasteiger partial charge in [-0.2, -0.15) is 4.98 Å². The Kier molecular flexibility index (Phi) is 3.41. The predicted molar refractivity (Wildman–Crippen MR) is 82.4 cm³/mol. The number of rotatable bonds is 3. The molecule has 2 amide bonds. The fraction of sp³-hybridized carbons (Fsp3) is 0. The van der Waals surface area contributed by atoms with Gasteiger partial charge < -0.3 is 4.52 Å². The normalized spacial score (nSPS) is 14.0. The number of nitrogens with zero attached hydrogens (tertiary/aromatic N) is 3. The number of carbonyl (C=O) groups excluding carboxylic acids is 1. The van der Waals surface area contributed by atoms with Crippen LogP contribution in [0.3, 0.4) is 0 Å². The maximum absolute atomic E-state index is 13.8. The van der Waals surface area contributed by atoms with Gasteiger partial charge in [-0.25, -0.2) is 14.2 Å². The summed E-state index contributed by atoms with van der Waals surface area (Å²) in [5.74, 6) is -0.0552. The number of anilines is 1. The number of hydrazine groups is 3. The van der Waals surface area contributed by atoms with E-state index in [0.29, 0.717) is 17.1 Å². The molecule has 4 rings (SSSR count). The van der Waals surface area contributed by atoms with Gasteiger partial charge in [0.2, 0.25) is 5.82 Å². The third-order valence-electron chi connectivity index (χ3n) is 3.43. The number of aromatic nitrogens is 2. The van der Waals surface area contributed by atoms with Crippen LogP contribution < -0.4 is 21.5 Å². The highest BCUT2D eigenvalue weighted by molar-refractivity contribution is 5.92. The molecule has 1 saturated heterocycles. The first-order valence-electron chi connectivity index (χ1n) is 7.02. The second kappa shape index (κ2) is 5.72. The molecule has 9 heteroatoms. The molecule has 0 atom stereocenters. The van der Waals surface area contributed by atoms with Gasteiger partial charge in [-0.05, 0) is 24.3 Å². The van der Waals surface area contributed by atoms with Crippen LogP contribution in [0.5, 0.6) is 0 Å². The molecule has 0 unspecified atom stereocenters. The first-order valence-corrected chi connectivity index (χ1v) is 7.02. The Morgan fingerprint density at radius 2 is 2.00 bits per heavy atom. The van der Waals surface area contributed by atoms with Gasteiger partial charge >= 0.3 is 6.03 Å². The Balaban J connectivity index is 1.68. The van der Waals surface area contributed by atoms with E-state index in [4.69, 9.17) is 4.52 Å². The number of benzene rings is 2. The summed E-state index contributed by atoms with van der Waals surface area (Å²) in [4.78, 5) is 15.9. The Bertz CT molecular complexity index is 912. The molecule has 1 aromatic heterocycles. The molecule has 0 radical (unpaired) electrons. The average molecular weight is 326 g/mol. The fourth-order valence-electron chi connectivity index (χ4n) is 2.29. The van der Waals surface area contributed by atoms with Gasteiger partial charge in [-0.3, -0.25) is 5.43 Å². The Morgan fingerprint density at radius 1 is 1.12 bits per heavy atom. The number of halogens is 1. The summed E-state index contributed by atoms with van der Waals surface area (Å²) in [5.41, 5.74) is 8.97. The minimum Gasteiger partial charge on any atom is -0.334 e. The lowest BCUT2D eigenvalue weighted by Gasteiger charge is -2.13. The zero-order valence-electron chi connectivity index (χ0n) is 12.2. The summed E-state index contributed by atoms with van der Waals surface area (Å²) < 4.78 is 19.0. The van der Waals surface area contributed by atoms with E-state index in [1.54, 1.807) is 42.5 Å². The van der Waals surface area contributed by atoms with E-state index in [1.807, 2.05) is 0 Å². The molecular weight excluding hydrogens is 315 g/mol. The van der Waals surface area contributed by atoms with E-state index in [-0.39, 0.29) is 17.5 Å². The zero-order valence-corrected chi connectivity index (χ0v) is 12.2. The van der Waals surface area contributed by atoms with E-state index in [1.165, 1.54) is 11.1 Å². The van der Waals surface area contributed by atoms with E-state index >= 15 is 0 Å². The molecule has 0 bridgehead atoms. The highest BCUT2D eigenvalue weighted by atomic mass is 19.1. The summed E-state index contributed by atoms with van der Waals surface area (Å²) >= 11 is 0. The largest absolute Gasteiger partial charge is 0.353 e. The second-order valence-electron chi connectivity index (χ2n) is 4.96. The van der Waals surface area contributed by atoms with Gasteiger partial charge in [0.05, 0.1) is 11.3 Å². The molecular formula is C15H11FN6O2. The molecule has 8 nitrogen and oxygen atoms in total. The molecule has 3 aromatic rings. The fourth-order valence-corrected chi connectivity index (χ4v) is 2.29. The van der Waals surface area contributed by atoms with Crippen molar-refractivity contribution < 1.29 is 13.7 Å². The number of carbonyl (C=O) groups is 1. The lowest BCUT2D eigenvalue weighted by Crippen LogP contribution is -2.37. The van der Waals surface area contributed by atoms with Crippen molar-refractivity contribution in [3.05, 3.63) is 54.3 Å². The van der Waals surface area contributed by atoms with Crippen molar-refractivity contribution in [2.75, 3.05) is 5.01 Å². The van der Waals surface area contributed by atoms with Crippen molar-refractivity contribution in [3.8, 4) is 22.8 Å². The van der Waals surface area contributed by atoms with Crippen molar-refractivity contribution >= 4 is 11.7 Å². The number of hydrogen-bond acceptors (Lipinski definition) is 6. The number of urea groups is 1. The van der Waals surface area contributed by atoms with E-state index < -0.39 is 5.82 Å². The van der Waals surface area contributed by atoms with Crippen LogP contribution in [0.2, 0.25) is 0 Å². The van der Waals surface area contributed by atoms with Gasteiger partial charge in [-0.1, -0.05) is 29.4 Å². The van der Waals surface area contributed by atoms with Crippen LogP contribution in [0.15, 0.2) is 53.1 Å². The molecule has 120 valence electrons. The molecule has 1 aliphatic rings. The van der Waals surface area contributed by atoms with Crippen LogP contribution in [0.25, 0.3) is 22.8 Å².